The first kappa shape index (κ1) is 22.2. The molecule has 0 saturated heterocycles. The highest BCUT2D eigenvalue weighted by atomic mass is 35.5. The second-order valence-corrected chi connectivity index (χ2v) is 9.18. The molecule has 1 amide bonds. The van der Waals surface area contributed by atoms with Crippen molar-refractivity contribution < 1.29 is 14.7 Å². The third-order valence-corrected chi connectivity index (χ3v) is 7.28. The van der Waals surface area contributed by atoms with Crippen molar-refractivity contribution in [1.29, 1.82) is 0 Å². The van der Waals surface area contributed by atoms with Gasteiger partial charge in [-0.3, -0.25) is 9.59 Å². The summed E-state index contributed by atoms with van der Waals surface area (Å²) in [6.45, 7) is 0.504. The predicted molar refractivity (Wildman–Crippen MR) is 126 cm³/mol. The summed E-state index contributed by atoms with van der Waals surface area (Å²) >= 11 is 12.2. The predicted octanol–water partition coefficient (Wildman–Crippen LogP) is 5.78. The standard InChI is InChI=1S/C25H27Cl2NO3/c26-13-16-5-3-6-17(11-16)22(29)9-4-10-24(31)28-15-18(14-27)25-20-8-2-1-7-19(20)23(30)12-21(25)28/h1-3,5,7-8,12,16-18,30H,4,6,9-11,13-15H2/t16-,17?,18-/m1/s1. The van der Waals surface area contributed by atoms with Crippen molar-refractivity contribution in [2.75, 3.05) is 23.2 Å². The Hall–Kier alpha value is -2.04. The number of allylic oxidation sites excluding steroid dienone is 2. The molecule has 4 nitrogen and oxygen atoms in total. The zero-order chi connectivity index (χ0) is 22.0. The number of nitrogens with zero attached hydrogens (tertiary/aromatic N) is 1. The molecule has 0 radical (unpaired) electrons. The van der Waals surface area contributed by atoms with Crippen LogP contribution in [0.25, 0.3) is 10.8 Å². The Morgan fingerprint density at radius 3 is 2.61 bits per heavy atom. The summed E-state index contributed by atoms with van der Waals surface area (Å²) in [6.07, 6.45) is 6.95. The minimum absolute atomic E-state index is 0.0142. The van der Waals surface area contributed by atoms with Crippen molar-refractivity contribution in [3.63, 3.8) is 0 Å². The van der Waals surface area contributed by atoms with Crippen LogP contribution in [0.2, 0.25) is 0 Å². The van der Waals surface area contributed by atoms with Crippen LogP contribution in [0.4, 0.5) is 5.69 Å². The van der Waals surface area contributed by atoms with Gasteiger partial charge in [0.25, 0.3) is 0 Å². The Balaban J connectivity index is 1.43. The third-order valence-electron chi connectivity index (χ3n) is 6.52. The number of ketones is 1. The first-order valence-corrected chi connectivity index (χ1v) is 12.0. The Labute approximate surface area is 192 Å². The summed E-state index contributed by atoms with van der Waals surface area (Å²) < 4.78 is 0. The van der Waals surface area contributed by atoms with Gasteiger partial charge in [-0.2, -0.15) is 0 Å². The lowest BCUT2D eigenvalue weighted by Crippen LogP contribution is -2.30. The van der Waals surface area contributed by atoms with E-state index < -0.39 is 0 Å². The Kier molecular flexibility index (Phi) is 6.88. The first-order chi connectivity index (χ1) is 15.0. The number of Topliss-reactive ketones (excluding diaryl/α,β-unsaturated/α-hetero) is 1. The molecule has 3 atom stereocenters. The topological polar surface area (TPSA) is 57.6 Å². The average molecular weight is 460 g/mol. The van der Waals surface area contributed by atoms with Crippen molar-refractivity contribution in [3.05, 3.63) is 48.0 Å². The molecule has 0 aromatic heterocycles. The van der Waals surface area contributed by atoms with E-state index in [0.717, 1.165) is 34.9 Å². The summed E-state index contributed by atoms with van der Waals surface area (Å²) in [5.74, 6) is 1.60. The van der Waals surface area contributed by atoms with Crippen LogP contribution in [0.1, 0.15) is 43.6 Å². The van der Waals surface area contributed by atoms with E-state index in [1.165, 1.54) is 0 Å². The lowest BCUT2D eigenvalue weighted by molar-refractivity contribution is -0.123. The highest BCUT2D eigenvalue weighted by molar-refractivity contribution is 6.19. The van der Waals surface area contributed by atoms with E-state index in [1.807, 2.05) is 24.3 Å². The van der Waals surface area contributed by atoms with Crippen LogP contribution in [0.15, 0.2) is 42.5 Å². The SMILES string of the molecule is O=C(CCCC(=O)N1C[C@@H](CCl)c2c1cc(O)c1ccccc21)C1CC=C[C@@H](CCl)C1. The van der Waals surface area contributed by atoms with Gasteiger partial charge >= 0.3 is 0 Å². The maximum atomic E-state index is 13.0. The monoisotopic (exact) mass is 459 g/mol. The number of rotatable bonds is 7. The molecule has 1 aliphatic carbocycles. The van der Waals surface area contributed by atoms with Gasteiger partial charge in [-0.05, 0) is 36.1 Å². The Morgan fingerprint density at radius 1 is 1.10 bits per heavy atom. The molecule has 1 unspecified atom stereocenters. The fourth-order valence-electron chi connectivity index (χ4n) is 4.89. The van der Waals surface area contributed by atoms with Crippen LogP contribution >= 0.6 is 23.2 Å². The lowest BCUT2D eigenvalue weighted by Gasteiger charge is -2.22. The second kappa shape index (κ2) is 9.62. The number of carbonyl (C=O) groups excluding carboxylic acids is 2. The highest BCUT2D eigenvalue weighted by Gasteiger charge is 2.34. The molecule has 2 aromatic carbocycles. The molecule has 164 valence electrons. The molecule has 4 rings (SSSR count). The molecule has 6 heteroatoms. The van der Waals surface area contributed by atoms with Crippen LogP contribution in [-0.2, 0) is 9.59 Å². The number of hydrogen-bond donors (Lipinski definition) is 1. The van der Waals surface area contributed by atoms with E-state index in [0.29, 0.717) is 37.6 Å². The maximum Gasteiger partial charge on any atom is 0.227 e. The number of hydrogen-bond acceptors (Lipinski definition) is 3. The summed E-state index contributed by atoms with van der Waals surface area (Å²) in [5, 5.41) is 12.2. The van der Waals surface area contributed by atoms with Crippen LogP contribution in [0, 0.1) is 11.8 Å². The maximum absolute atomic E-state index is 13.0. The fourth-order valence-corrected chi connectivity index (χ4v) is 5.38. The van der Waals surface area contributed by atoms with Crippen molar-refractivity contribution >= 4 is 51.4 Å². The van der Waals surface area contributed by atoms with Crippen molar-refractivity contribution in [2.45, 2.75) is 38.0 Å². The van der Waals surface area contributed by atoms with E-state index in [9.17, 15) is 14.7 Å². The van der Waals surface area contributed by atoms with Crippen molar-refractivity contribution in [3.8, 4) is 5.75 Å². The van der Waals surface area contributed by atoms with Gasteiger partial charge in [0.1, 0.15) is 11.5 Å². The van der Waals surface area contributed by atoms with Gasteiger partial charge in [0.15, 0.2) is 0 Å². The van der Waals surface area contributed by atoms with Gasteiger partial charge in [-0.15, -0.1) is 23.2 Å². The quantitative estimate of drug-likeness (QED) is 0.421. The smallest absolute Gasteiger partial charge is 0.227 e. The number of benzene rings is 2. The minimum Gasteiger partial charge on any atom is -0.507 e. The molecule has 1 heterocycles. The number of phenols is 1. The van der Waals surface area contributed by atoms with Crippen LogP contribution < -0.4 is 4.90 Å². The molecule has 0 saturated carbocycles. The number of phenolic OH excluding ortho intramolecular Hbond substituents is 1. The van der Waals surface area contributed by atoms with Gasteiger partial charge in [0.2, 0.25) is 5.91 Å². The van der Waals surface area contributed by atoms with E-state index in [-0.39, 0.29) is 35.2 Å². The molecule has 0 spiro atoms. The third kappa shape index (κ3) is 4.47. The van der Waals surface area contributed by atoms with Gasteiger partial charge in [-0.1, -0.05) is 36.4 Å². The summed E-state index contributed by atoms with van der Waals surface area (Å²) in [7, 11) is 0. The number of carbonyl (C=O) groups is 2. The molecule has 0 bridgehead atoms. The first-order valence-electron chi connectivity index (χ1n) is 10.9. The van der Waals surface area contributed by atoms with Crippen LogP contribution in [0.3, 0.4) is 0 Å². The summed E-state index contributed by atoms with van der Waals surface area (Å²) in [6, 6.07) is 9.33. The van der Waals surface area contributed by atoms with E-state index in [1.54, 1.807) is 11.0 Å². The molecular formula is C25H27Cl2NO3. The number of anilines is 1. The largest absolute Gasteiger partial charge is 0.507 e. The molecule has 1 aliphatic heterocycles. The lowest BCUT2D eigenvalue weighted by atomic mass is 9.83. The number of amides is 1. The number of aromatic hydroxyl groups is 1. The zero-order valence-corrected chi connectivity index (χ0v) is 18.9. The van der Waals surface area contributed by atoms with E-state index >= 15 is 0 Å². The average Bonchev–Trinajstić information content (AvgIpc) is 3.18. The number of halogens is 2. The van der Waals surface area contributed by atoms with Crippen LogP contribution in [-0.4, -0.2) is 35.1 Å². The molecular weight excluding hydrogens is 433 g/mol. The van der Waals surface area contributed by atoms with Gasteiger partial charge in [0, 0.05) is 54.4 Å². The molecule has 2 aliphatic rings. The van der Waals surface area contributed by atoms with E-state index in [2.05, 4.69) is 12.2 Å². The van der Waals surface area contributed by atoms with Gasteiger partial charge < -0.3 is 10.0 Å². The second-order valence-electron chi connectivity index (χ2n) is 8.56. The number of alkyl halides is 2. The number of fused-ring (bicyclic) bond motifs is 3. The van der Waals surface area contributed by atoms with Gasteiger partial charge in [-0.25, -0.2) is 0 Å². The Morgan fingerprint density at radius 2 is 1.87 bits per heavy atom. The normalized spacial score (nSPS) is 22.6. The fraction of sp³-hybridized carbons (Fsp3) is 0.440. The molecule has 2 aromatic rings. The van der Waals surface area contributed by atoms with Crippen molar-refractivity contribution in [2.24, 2.45) is 11.8 Å². The summed E-state index contributed by atoms with van der Waals surface area (Å²) in [5.41, 5.74) is 1.76. The Bertz CT molecular complexity index is 1020. The molecule has 1 N–H and O–H groups in total. The van der Waals surface area contributed by atoms with E-state index in [4.69, 9.17) is 23.2 Å². The highest BCUT2D eigenvalue weighted by Crippen LogP contribution is 2.45. The zero-order valence-electron chi connectivity index (χ0n) is 17.4. The minimum atomic E-state index is -0.0291. The van der Waals surface area contributed by atoms with Gasteiger partial charge in [0.05, 0.1) is 5.69 Å². The van der Waals surface area contributed by atoms with Crippen molar-refractivity contribution in [1.82, 2.24) is 0 Å². The molecule has 31 heavy (non-hydrogen) atoms. The molecule has 0 fully saturated rings. The summed E-state index contributed by atoms with van der Waals surface area (Å²) in [4.78, 5) is 27.4. The van der Waals surface area contributed by atoms with Crippen LogP contribution in [0.5, 0.6) is 5.75 Å².